The normalized spacial score (nSPS) is 19.5. The quantitative estimate of drug-likeness (QED) is 0.519. The SMILES string of the molecule is O=C(O)C[C@H](CCN1CCCC(F)(F)C1)NC(=O)c1cc(-c2cnccc2Cl)n(C2CCCC2)n1. The number of rotatable bonds is 9. The monoisotopic (exact) mass is 509 g/mol. The maximum absolute atomic E-state index is 13.7. The van der Waals surface area contributed by atoms with Gasteiger partial charge in [0, 0.05) is 37.0 Å². The Morgan fingerprint density at radius 2 is 2.06 bits per heavy atom. The molecule has 1 aliphatic carbocycles. The summed E-state index contributed by atoms with van der Waals surface area (Å²) < 4.78 is 29.3. The van der Waals surface area contributed by atoms with Crippen LogP contribution in [0, 0.1) is 0 Å². The number of nitrogens with one attached hydrogen (secondary N) is 1. The highest BCUT2D eigenvalue weighted by atomic mass is 35.5. The topological polar surface area (TPSA) is 100 Å². The number of nitrogens with zero attached hydrogens (tertiary/aromatic N) is 4. The molecule has 8 nitrogen and oxygen atoms in total. The summed E-state index contributed by atoms with van der Waals surface area (Å²) in [5.41, 5.74) is 1.51. The molecule has 0 spiro atoms. The molecule has 0 bridgehead atoms. The Morgan fingerprint density at radius 3 is 2.74 bits per heavy atom. The van der Waals surface area contributed by atoms with Gasteiger partial charge in [0.1, 0.15) is 0 Å². The fraction of sp³-hybridized carbons (Fsp3) is 0.583. The minimum Gasteiger partial charge on any atom is -0.481 e. The van der Waals surface area contributed by atoms with Crippen molar-refractivity contribution in [2.45, 2.75) is 69.4 Å². The maximum atomic E-state index is 13.7. The lowest BCUT2D eigenvalue weighted by atomic mass is 10.1. The maximum Gasteiger partial charge on any atom is 0.305 e. The number of carboxylic acids is 1. The second kappa shape index (κ2) is 11.0. The van der Waals surface area contributed by atoms with Crippen LogP contribution in [0.4, 0.5) is 8.78 Å². The van der Waals surface area contributed by atoms with Crippen LogP contribution < -0.4 is 5.32 Å². The van der Waals surface area contributed by atoms with E-state index in [0.29, 0.717) is 29.2 Å². The summed E-state index contributed by atoms with van der Waals surface area (Å²) >= 11 is 6.40. The number of alkyl halides is 2. The molecule has 1 saturated heterocycles. The fourth-order valence-corrected chi connectivity index (χ4v) is 5.17. The zero-order chi connectivity index (χ0) is 25.0. The number of carbonyl (C=O) groups excluding carboxylic acids is 1. The lowest BCUT2D eigenvalue weighted by molar-refractivity contribution is -0.137. The molecule has 2 aliphatic rings. The summed E-state index contributed by atoms with van der Waals surface area (Å²) in [6.07, 6.45) is 7.45. The number of carboxylic acid groups (broad SMARTS) is 1. The number of carbonyl (C=O) groups is 2. The number of amides is 1. The van der Waals surface area contributed by atoms with Gasteiger partial charge in [0.15, 0.2) is 5.69 Å². The summed E-state index contributed by atoms with van der Waals surface area (Å²) in [6.45, 7) is 0.465. The van der Waals surface area contributed by atoms with Gasteiger partial charge in [-0.1, -0.05) is 24.4 Å². The summed E-state index contributed by atoms with van der Waals surface area (Å²) in [6, 6.07) is 2.76. The highest BCUT2D eigenvalue weighted by Crippen LogP contribution is 2.35. The molecule has 2 fully saturated rings. The summed E-state index contributed by atoms with van der Waals surface area (Å²) in [5.74, 6) is -4.31. The van der Waals surface area contributed by atoms with E-state index in [2.05, 4.69) is 15.4 Å². The molecule has 1 atom stereocenters. The predicted molar refractivity (Wildman–Crippen MR) is 127 cm³/mol. The number of hydrogen-bond acceptors (Lipinski definition) is 5. The smallest absolute Gasteiger partial charge is 0.305 e. The van der Waals surface area contributed by atoms with Crippen molar-refractivity contribution in [2.24, 2.45) is 0 Å². The van der Waals surface area contributed by atoms with Crippen molar-refractivity contribution in [3.63, 3.8) is 0 Å². The lowest BCUT2D eigenvalue weighted by Gasteiger charge is -2.33. The molecule has 3 heterocycles. The summed E-state index contributed by atoms with van der Waals surface area (Å²) in [4.78, 5) is 30.3. The number of aliphatic carboxylic acids is 1. The fourth-order valence-electron chi connectivity index (χ4n) is 4.97. The van der Waals surface area contributed by atoms with E-state index < -0.39 is 23.8 Å². The number of likely N-dealkylation sites (tertiary alicyclic amines) is 1. The van der Waals surface area contributed by atoms with Crippen LogP contribution in [0.2, 0.25) is 5.02 Å². The summed E-state index contributed by atoms with van der Waals surface area (Å²) in [7, 11) is 0. The second-order valence-corrected chi connectivity index (χ2v) is 9.85. The molecule has 2 N–H and O–H groups in total. The van der Waals surface area contributed by atoms with Gasteiger partial charge in [-0.15, -0.1) is 0 Å². The Kier molecular flexibility index (Phi) is 8.01. The minimum absolute atomic E-state index is 0.133. The Labute approximate surface area is 207 Å². The molecule has 4 rings (SSSR count). The Bertz CT molecular complexity index is 1060. The van der Waals surface area contributed by atoms with E-state index in [0.717, 1.165) is 25.7 Å². The van der Waals surface area contributed by atoms with E-state index in [9.17, 15) is 23.5 Å². The van der Waals surface area contributed by atoms with Gasteiger partial charge in [-0.2, -0.15) is 5.10 Å². The third-order valence-electron chi connectivity index (χ3n) is 6.70. The van der Waals surface area contributed by atoms with Crippen LogP contribution in [0.25, 0.3) is 11.3 Å². The largest absolute Gasteiger partial charge is 0.481 e. The number of piperidine rings is 1. The molecule has 2 aromatic heterocycles. The Balaban J connectivity index is 1.51. The molecule has 0 aromatic carbocycles. The highest BCUT2D eigenvalue weighted by molar-refractivity contribution is 6.33. The molecule has 1 amide bonds. The number of pyridine rings is 1. The van der Waals surface area contributed by atoms with Gasteiger partial charge in [0.25, 0.3) is 11.8 Å². The first-order valence-corrected chi connectivity index (χ1v) is 12.4. The van der Waals surface area contributed by atoms with Crippen LogP contribution in [0.1, 0.15) is 67.9 Å². The average Bonchev–Trinajstić information content (AvgIpc) is 3.47. The third-order valence-corrected chi connectivity index (χ3v) is 7.03. The number of aromatic nitrogens is 3. The van der Waals surface area contributed by atoms with Crippen molar-refractivity contribution in [1.82, 2.24) is 25.0 Å². The standard InChI is InChI=1S/C24H30ClF2N5O3/c25-19-6-9-28-14-18(19)21-13-20(30-32(21)17-4-1-2-5-17)23(35)29-16(12-22(33)34)7-11-31-10-3-8-24(26,27)15-31/h6,9,13-14,16-17H,1-5,7-8,10-12,15H2,(H,29,35)(H,33,34)/t16-/m0/s1. The molecule has 2 aromatic rings. The van der Waals surface area contributed by atoms with Crippen LogP contribution in [-0.4, -0.2) is 68.2 Å². The second-order valence-electron chi connectivity index (χ2n) is 9.45. The van der Waals surface area contributed by atoms with E-state index in [1.54, 1.807) is 29.4 Å². The van der Waals surface area contributed by atoms with Crippen LogP contribution in [-0.2, 0) is 4.79 Å². The number of halogens is 3. The van der Waals surface area contributed by atoms with E-state index in [4.69, 9.17) is 11.6 Å². The van der Waals surface area contributed by atoms with E-state index >= 15 is 0 Å². The Hall–Kier alpha value is -2.59. The van der Waals surface area contributed by atoms with Gasteiger partial charge in [0.2, 0.25) is 0 Å². The van der Waals surface area contributed by atoms with Gasteiger partial charge in [-0.25, -0.2) is 8.78 Å². The van der Waals surface area contributed by atoms with Gasteiger partial charge in [0.05, 0.1) is 29.7 Å². The predicted octanol–water partition coefficient (Wildman–Crippen LogP) is 4.41. The van der Waals surface area contributed by atoms with E-state index in [-0.39, 0.29) is 44.1 Å². The molecule has 1 saturated carbocycles. The molecule has 190 valence electrons. The van der Waals surface area contributed by atoms with Gasteiger partial charge in [-0.3, -0.25) is 24.2 Å². The molecular formula is C24H30ClF2N5O3. The zero-order valence-corrected chi connectivity index (χ0v) is 20.2. The Morgan fingerprint density at radius 1 is 1.29 bits per heavy atom. The average molecular weight is 510 g/mol. The van der Waals surface area contributed by atoms with Crippen LogP contribution in [0.5, 0.6) is 0 Å². The van der Waals surface area contributed by atoms with Crippen LogP contribution >= 0.6 is 11.6 Å². The van der Waals surface area contributed by atoms with E-state index in [1.165, 1.54) is 0 Å². The zero-order valence-electron chi connectivity index (χ0n) is 19.4. The van der Waals surface area contributed by atoms with Gasteiger partial charge >= 0.3 is 5.97 Å². The molecule has 0 radical (unpaired) electrons. The van der Waals surface area contributed by atoms with Crippen molar-refractivity contribution < 1.29 is 23.5 Å². The molecule has 11 heteroatoms. The van der Waals surface area contributed by atoms with Gasteiger partial charge in [-0.05, 0) is 44.4 Å². The van der Waals surface area contributed by atoms with Crippen molar-refractivity contribution in [3.05, 3.63) is 35.2 Å². The highest BCUT2D eigenvalue weighted by Gasteiger charge is 2.35. The molecular weight excluding hydrogens is 480 g/mol. The molecule has 35 heavy (non-hydrogen) atoms. The van der Waals surface area contributed by atoms with E-state index in [1.807, 2.05) is 4.68 Å². The van der Waals surface area contributed by atoms with Crippen LogP contribution in [0.3, 0.4) is 0 Å². The van der Waals surface area contributed by atoms with Crippen molar-refractivity contribution in [2.75, 3.05) is 19.6 Å². The number of hydrogen-bond donors (Lipinski definition) is 2. The van der Waals surface area contributed by atoms with Crippen molar-refractivity contribution >= 4 is 23.5 Å². The van der Waals surface area contributed by atoms with Crippen molar-refractivity contribution in [3.8, 4) is 11.3 Å². The minimum atomic E-state index is -2.74. The summed E-state index contributed by atoms with van der Waals surface area (Å²) in [5, 5.41) is 17.2. The first-order chi connectivity index (χ1) is 16.7. The van der Waals surface area contributed by atoms with Crippen LogP contribution in [0.15, 0.2) is 24.5 Å². The first-order valence-electron chi connectivity index (χ1n) is 12.0. The lowest BCUT2D eigenvalue weighted by Crippen LogP contribution is -2.45. The van der Waals surface area contributed by atoms with Crippen molar-refractivity contribution in [1.29, 1.82) is 0 Å². The molecule has 0 unspecified atom stereocenters. The first kappa shape index (κ1) is 25.5. The van der Waals surface area contributed by atoms with Gasteiger partial charge < -0.3 is 10.4 Å². The molecule has 1 aliphatic heterocycles. The third kappa shape index (κ3) is 6.55.